The lowest BCUT2D eigenvalue weighted by atomic mass is 9.95. The first-order valence-electron chi connectivity index (χ1n) is 9.89. The number of amides is 1. The number of hydrogen-bond acceptors (Lipinski definition) is 5. The second-order valence-electron chi connectivity index (χ2n) is 7.52. The van der Waals surface area contributed by atoms with Crippen LogP contribution in [0.25, 0.3) is 10.6 Å². The van der Waals surface area contributed by atoms with Crippen LogP contribution in [0, 0.1) is 11.7 Å². The minimum atomic E-state index is -0.304. The van der Waals surface area contributed by atoms with E-state index >= 15 is 0 Å². The van der Waals surface area contributed by atoms with Gasteiger partial charge >= 0.3 is 0 Å². The second-order valence-corrected chi connectivity index (χ2v) is 8.38. The van der Waals surface area contributed by atoms with Crippen LogP contribution in [0.1, 0.15) is 31.1 Å². The Morgan fingerprint density at radius 3 is 2.73 bits per heavy atom. The summed E-state index contributed by atoms with van der Waals surface area (Å²) >= 11 is 1.40. The Bertz CT molecular complexity index is 1050. The van der Waals surface area contributed by atoms with Crippen molar-refractivity contribution in [3.8, 4) is 22.1 Å². The molecule has 0 spiro atoms. The SMILES string of the molecule is CC(C)C(NC(=O)Cc1csc(-c2cccc(F)c2)n1)c1ccc2c(c1)OCCO2. The van der Waals surface area contributed by atoms with Crippen molar-refractivity contribution < 1.29 is 18.7 Å². The monoisotopic (exact) mass is 426 g/mol. The van der Waals surface area contributed by atoms with Gasteiger partial charge in [-0.3, -0.25) is 4.79 Å². The number of aromatic nitrogens is 1. The van der Waals surface area contributed by atoms with Gasteiger partial charge in [-0.2, -0.15) is 0 Å². The van der Waals surface area contributed by atoms with Crippen molar-refractivity contribution in [1.82, 2.24) is 10.3 Å². The molecule has 1 aliphatic heterocycles. The fourth-order valence-electron chi connectivity index (χ4n) is 3.42. The van der Waals surface area contributed by atoms with Gasteiger partial charge in [0.2, 0.25) is 5.91 Å². The highest BCUT2D eigenvalue weighted by molar-refractivity contribution is 7.13. The van der Waals surface area contributed by atoms with E-state index in [0.29, 0.717) is 35.2 Å². The summed E-state index contributed by atoms with van der Waals surface area (Å²) in [4.78, 5) is 17.2. The Balaban J connectivity index is 1.45. The summed E-state index contributed by atoms with van der Waals surface area (Å²) in [7, 11) is 0. The van der Waals surface area contributed by atoms with E-state index in [2.05, 4.69) is 24.1 Å². The summed E-state index contributed by atoms with van der Waals surface area (Å²) in [5, 5.41) is 5.66. The van der Waals surface area contributed by atoms with Gasteiger partial charge in [-0.25, -0.2) is 9.37 Å². The highest BCUT2D eigenvalue weighted by Gasteiger charge is 2.22. The lowest BCUT2D eigenvalue weighted by Gasteiger charge is -2.25. The molecule has 3 aromatic rings. The molecular weight excluding hydrogens is 403 g/mol. The van der Waals surface area contributed by atoms with Gasteiger partial charge in [-0.1, -0.05) is 32.0 Å². The van der Waals surface area contributed by atoms with Gasteiger partial charge in [0, 0.05) is 10.9 Å². The van der Waals surface area contributed by atoms with Crippen molar-refractivity contribution in [1.29, 1.82) is 0 Å². The third-order valence-electron chi connectivity index (χ3n) is 4.87. The number of rotatable bonds is 6. The molecule has 0 bridgehead atoms. The van der Waals surface area contributed by atoms with Gasteiger partial charge in [0.15, 0.2) is 11.5 Å². The Morgan fingerprint density at radius 1 is 1.17 bits per heavy atom. The molecular formula is C23H23FN2O3S. The molecule has 0 saturated heterocycles. The summed E-state index contributed by atoms with van der Waals surface area (Å²) in [5.41, 5.74) is 2.35. The molecule has 5 nitrogen and oxygen atoms in total. The first-order valence-corrected chi connectivity index (χ1v) is 10.8. The predicted octanol–water partition coefficient (Wildman–Crippen LogP) is 4.78. The Morgan fingerprint density at radius 2 is 1.97 bits per heavy atom. The number of thiazole rings is 1. The number of nitrogens with zero attached hydrogens (tertiary/aromatic N) is 1. The van der Waals surface area contributed by atoms with Gasteiger partial charge in [0.1, 0.15) is 24.0 Å². The number of carbonyl (C=O) groups is 1. The zero-order valence-corrected chi connectivity index (χ0v) is 17.7. The normalized spacial score (nSPS) is 13.9. The molecule has 1 aromatic heterocycles. The molecule has 156 valence electrons. The maximum Gasteiger partial charge on any atom is 0.226 e. The van der Waals surface area contributed by atoms with Crippen LogP contribution < -0.4 is 14.8 Å². The molecule has 2 heterocycles. The molecule has 1 unspecified atom stereocenters. The van der Waals surface area contributed by atoms with Crippen LogP contribution >= 0.6 is 11.3 Å². The molecule has 7 heteroatoms. The van der Waals surface area contributed by atoms with E-state index in [1.165, 1.54) is 23.5 Å². The molecule has 2 aromatic carbocycles. The average Bonchev–Trinajstić information content (AvgIpc) is 3.20. The third kappa shape index (κ3) is 4.62. The molecule has 1 aliphatic rings. The smallest absolute Gasteiger partial charge is 0.226 e. The lowest BCUT2D eigenvalue weighted by Crippen LogP contribution is -2.33. The second kappa shape index (κ2) is 8.83. The summed E-state index contributed by atoms with van der Waals surface area (Å²) in [5.74, 6) is 1.21. The molecule has 1 atom stereocenters. The Labute approximate surface area is 178 Å². The molecule has 0 saturated carbocycles. The fourth-order valence-corrected chi connectivity index (χ4v) is 4.24. The standard InChI is InChI=1S/C23H23FN2O3S/c1-14(2)22(15-6-7-19-20(11-15)29-9-8-28-19)26-21(27)12-18-13-30-23(25-18)16-4-3-5-17(24)10-16/h3-7,10-11,13-14,22H,8-9,12H2,1-2H3,(H,26,27). The number of hydrogen-bond donors (Lipinski definition) is 1. The number of ether oxygens (including phenoxy) is 2. The van der Waals surface area contributed by atoms with Gasteiger partial charge in [-0.05, 0) is 35.7 Å². The number of carbonyl (C=O) groups excluding carboxylic acids is 1. The van der Waals surface area contributed by atoms with Crippen LogP contribution in [0.2, 0.25) is 0 Å². The molecule has 1 N–H and O–H groups in total. The Hall–Kier alpha value is -2.93. The van der Waals surface area contributed by atoms with E-state index in [0.717, 1.165) is 11.3 Å². The highest BCUT2D eigenvalue weighted by Crippen LogP contribution is 2.34. The van der Waals surface area contributed by atoms with Crippen LogP contribution in [0.4, 0.5) is 4.39 Å². The summed E-state index contributed by atoms with van der Waals surface area (Å²) in [6.45, 7) is 5.19. The average molecular weight is 427 g/mol. The fraction of sp³-hybridized carbons (Fsp3) is 0.304. The molecule has 0 aliphatic carbocycles. The van der Waals surface area contributed by atoms with Crippen molar-refractivity contribution in [2.75, 3.05) is 13.2 Å². The van der Waals surface area contributed by atoms with E-state index in [4.69, 9.17) is 9.47 Å². The lowest BCUT2D eigenvalue weighted by molar-refractivity contribution is -0.121. The molecule has 0 fully saturated rings. The van der Waals surface area contributed by atoms with Crippen LogP contribution in [-0.2, 0) is 11.2 Å². The maximum absolute atomic E-state index is 13.5. The van der Waals surface area contributed by atoms with Crippen LogP contribution in [0.5, 0.6) is 11.5 Å². The molecule has 4 rings (SSSR count). The van der Waals surface area contributed by atoms with E-state index in [9.17, 15) is 9.18 Å². The van der Waals surface area contributed by atoms with Gasteiger partial charge in [-0.15, -0.1) is 11.3 Å². The van der Waals surface area contributed by atoms with Gasteiger partial charge in [0.05, 0.1) is 18.2 Å². The van der Waals surface area contributed by atoms with Crippen molar-refractivity contribution >= 4 is 17.2 Å². The Kier molecular flexibility index (Phi) is 5.99. The zero-order chi connectivity index (χ0) is 21.1. The topological polar surface area (TPSA) is 60.5 Å². The van der Waals surface area contributed by atoms with Crippen molar-refractivity contribution in [2.45, 2.75) is 26.3 Å². The quantitative estimate of drug-likeness (QED) is 0.616. The van der Waals surface area contributed by atoms with Crippen molar-refractivity contribution in [3.05, 3.63) is 64.9 Å². The predicted molar refractivity (Wildman–Crippen MR) is 114 cm³/mol. The minimum Gasteiger partial charge on any atom is -0.486 e. The van der Waals surface area contributed by atoms with Gasteiger partial charge < -0.3 is 14.8 Å². The van der Waals surface area contributed by atoms with Crippen LogP contribution in [0.15, 0.2) is 47.8 Å². The van der Waals surface area contributed by atoms with Crippen LogP contribution in [0.3, 0.4) is 0 Å². The first-order chi connectivity index (χ1) is 14.5. The summed E-state index contributed by atoms with van der Waals surface area (Å²) in [6.07, 6.45) is 0.166. The number of halogens is 1. The highest BCUT2D eigenvalue weighted by atomic mass is 32.1. The third-order valence-corrected chi connectivity index (χ3v) is 5.81. The zero-order valence-electron chi connectivity index (χ0n) is 16.9. The van der Waals surface area contributed by atoms with Crippen molar-refractivity contribution in [2.24, 2.45) is 5.92 Å². The summed E-state index contributed by atoms with van der Waals surface area (Å²) < 4.78 is 24.7. The molecule has 30 heavy (non-hydrogen) atoms. The number of nitrogens with one attached hydrogen (secondary N) is 1. The van der Waals surface area contributed by atoms with Gasteiger partial charge in [0.25, 0.3) is 0 Å². The number of benzene rings is 2. The maximum atomic E-state index is 13.5. The van der Waals surface area contributed by atoms with E-state index in [1.54, 1.807) is 6.07 Å². The van der Waals surface area contributed by atoms with E-state index in [-0.39, 0.29) is 30.1 Å². The molecule has 1 amide bonds. The first kappa shape index (κ1) is 20.3. The largest absolute Gasteiger partial charge is 0.486 e. The van der Waals surface area contributed by atoms with E-state index < -0.39 is 0 Å². The van der Waals surface area contributed by atoms with Crippen molar-refractivity contribution in [3.63, 3.8) is 0 Å². The summed E-state index contributed by atoms with van der Waals surface area (Å²) in [6, 6.07) is 11.9. The number of fused-ring (bicyclic) bond motifs is 1. The minimum absolute atomic E-state index is 0.111. The van der Waals surface area contributed by atoms with Crippen LogP contribution in [-0.4, -0.2) is 24.1 Å². The molecule has 0 radical (unpaired) electrons. The van der Waals surface area contributed by atoms with E-state index in [1.807, 2.05) is 29.6 Å².